The molecule has 0 atom stereocenters. The Balaban J connectivity index is 1.61. The van der Waals surface area contributed by atoms with Crippen molar-refractivity contribution in [3.8, 4) is 5.75 Å². The second kappa shape index (κ2) is 11.7. The molecular formula is C24H19BrIN3O4. The van der Waals surface area contributed by atoms with Gasteiger partial charge in [0.1, 0.15) is 5.75 Å². The zero-order chi connectivity index (χ0) is 23.8. The number of halogens is 2. The number of aryl methyl sites for hydroxylation is 1. The normalized spacial score (nSPS) is 10.6. The van der Waals surface area contributed by atoms with E-state index in [-0.39, 0.29) is 18.2 Å². The van der Waals surface area contributed by atoms with Crippen molar-refractivity contribution in [1.29, 1.82) is 0 Å². The summed E-state index contributed by atoms with van der Waals surface area (Å²) in [5, 5.41) is 6.47. The van der Waals surface area contributed by atoms with E-state index in [4.69, 9.17) is 4.74 Å². The number of ether oxygens (including phenoxy) is 1. The van der Waals surface area contributed by atoms with Gasteiger partial charge in [0, 0.05) is 13.6 Å². The molecule has 0 radical (unpaired) electrons. The predicted molar refractivity (Wildman–Crippen MR) is 138 cm³/mol. The van der Waals surface area contributed by atoms with Crippen LogP contribution < -0.4 is 15.5 Å². The molecule has 2 N–H and O–H groups in total. The van der Waals surface area contributed by atoms with E-state index in [0.717, 1.165) is 13.6 Å². The maximum absolute atomic E-state index is 12.6. The molecule has 0 fully saturated rings. The Hall–Kier alpha value is -3.05. The monoisotopic (exact) mass is 619 g/mol. The van der Waals surface area contributed by atoms with E-state index in [1.54, 1.807) is 48.5 Å². The Morgan fingerprint density at radius 2 is 1.73 bits per heavy atom. The summed E-state index contributed by atoms with van der Waals surface area (Å²) in [6.45, 7) is 1.59. The van der Waals surface area contributed by atoms with Crippen molar-refractivity contribution in [2.75, 3.05) is 6.54 Å². The quantitative estimate of drug-likeness (QED) is 0.134. The summed E-state index contributed by atoms with van der Waals surface area (Å²) in [5.41, 5.74) is 4.58. The maximum atomic E-state index is 12.6. The molecule has 0 aliphatic carbocycles. The smallest absolute Gasteiger partial charge is 0.343 e. The van der Waals surface area contributed by atoms with E-state index in [2.05, 4.69) is 54.4 Å². The van der Waals surface area contributed by atoms with Gasteiger partial charge in [0.15, 0.2) is 0 Å². The zero-order valence-electron chi connectivity index (χ0n) is 17.5. The number of rotatable bonds is 7. The van der Waals surface area contributed by atoms with Gasteiger partial charge in [-0.15, -0.1) is 0 Å². The third kappa shape index (κ3) is 6.96. The maximum Gasteiger partial charge on any atom is 0.343 e. The minimum Gasteiger partial charge on any atom is -0.422 e. The van der Waals surface area contributed by atoms with E-state index >= 15 is 0 Å². The first kappa shape index (κ1) is 24.6. The molecule has 0 saturated carbocycles. The van der Waals surface area contributed by atoms with Crippen LogP contribution in [0.15, 0.2) is 76.3 Å². The van der Waals surface area contributed by atoms with Crippen molar-refractivity contribution in [1.82, 2.24) is 10.7 Å². The van der Waals surface area contributed by atoms with Gasteiger partial charge in [-0.05, 0) is 71.5 Å². The van der Waals surface area contributed by atoms with Gasteiger partial charge in [0.25, 0.3) is 11.8 Å². The number of hydrazone groups is 1. The number of nitrogens with one attached hydrogen (secondary N) is 2. The lowest BCUT2D eigenvalue weighted by Crippen LogP contribution is -2.35. The lowest BCUT2D eigenvalue weighted by molar-refractivity contribution is -0.120. The fourth-order valence-electron chi connectivity index (χ4n) is 2.78. The van der Waals surface area contributed by atoms with E-state index in [1.807, 2.05) is 25.1 Å². The molecule has 0 bridgehead atoms. The van der Waals surface area contributed by atoms with Crippen LogP contribution in [0.1, 0.15) is 31.8 Å². The molecule has 0 aliphatic heterocycles. The van der Waals surface area contributed by atoms with Gasteiger partial charge < -0.3 is 10.1 Å². The summed E-state index contributed by atoms with van der Waals surface area (Å²) in [4.78, 5) is 36.8. The largest absolute Gasteiger partial charge is 0.422 e. The third-order valence-corrected chi connectivity index (χ3v) is 5.89. The average Bonchev–Trinajstić information content (AvgIpc) is 2.79. The molecule has 168 valence electrons. The van der Waals surface area contributed by atoms with Gasteiger partial charge >= 0.3 is 5.97 Å². The summed E-state index contributed by atoms with van der Waals surface area (Å²) in [5.74, 6) is -1.06. The Bertz CT molecular complexity index is 1230. The predicted octanol–water partition coefficient (Wildman–Crippen LogP) is 4.46. The van der Waals surface area contributed by atoms with Crippen LogP contribution in [-0.4, -0.2) is 30.5 Å². The second-order valence-corrected chi connectivity index (χ2v) is 8.92. The Morgan fingerprint density at radius 3 is 2.45 bits per heavy atom. The van der Waals surface area contributed by atoms with Crippen LogP contribution in [0.25, 0.3) is 0 Å². The van der Waals surface area contributed by atoms with E-state index in [0.29, 0.717) is 16.7 Å². The molecule has 0 spiro atoms. The number of carbonyl (C=O) groups excluding carboxylic acids is 3. The number of hydrogen-bond acceptors (Lipinski definition) is 5. The molecule has 0 heterocycles. The zero-order valence-corrected chi connectivity index (χ0v) is 21.2. The van der Waals surface area contributed by atoms with Crippen LogP contribution in [-0.2, 0) is 4.79 Å². The lowest BCUT2D eigenvalue weighted by Gasteiger charge is -2.09. The SMILES string of the molecule is Cc1ccccc1C(=O)Oc1ccc(Br)cc1/C=N\NC(=O)CNC(=O)c1ccccc1I. The first-order valence-corrected chi connectivity index (χ1v) is 11.6. The molecule has 3 aromatic rings. The first-order chi connectivity index (χ1) is 15.8. The summed E-state index contributed by atoms with van der Waals surface area (Å²) < 4.78 is 7.07. The van der Waals surface area contributed by atoms with Gasteiger partial charge in [-0.3, -0.25) is 9.59 Å². The van der Waals surface area contributed by atoms with E-state index in [1.165, 1.54) is 6.21 Å². The number of amides is 2. The highest BCUT2D eigenvalue weighted by Crippen LogP contribution is 2.23. The number of carbonyl (C=O) groups is 3. The fourth-order valence-corrected chi connectivity index (χ4v) is 3.80. The lowest BCUT2D eigenvalue weighted by atomic mass is 10.1. The van der Waals surface area contributed by atoms with Gasteiger partial charge in [-0.2, -0.15) is 5.10 Å². The van der Waals surface area contributed by atoms with E-state index in [9.17, 15) is 14.4 Å². The van der Waals surface area contributed by atoms with Crippen molar-refractivity contribution in [2.45, 2.75) is 6.92 Å². The molecule has 9 heteroatoms. The van der Waals surface area contributed by atoms with Crippen molar-refractivity contribution in [3.05, 3.63) is 97.0 Å². The van der Waals surface area contributed by atoms with Crippen LogP contribution in [0, 0.1) is 10.5 Å². The van der Waals surface area contributed by atoms with E-state index < -0.39 is 11.9 Å². The minimum atomic E-state index is -0.501. The number of esters is 1. The summed E-state index contributed by atoms with van der Waals surface area (Å²) in [6.07, 6.45) is 1.37. The fraction of sp³-hybridized carbons (Fsp3) is 0.0833. The number of hydrogen-bond donors (Lipinski definition) is 2. The van der Waals surface area contributed by atoms with Crippen molar-refractivity contribution >= 4 is 62.5 Å². The molecule has 0 saturated heterocycles. The van der Waals surface area contributed by atoms with Crippen LogP contribution >= 0.6 is 38.5 Å². The molecule has 0 aromatic heterocycles. The Morgan fingerprint density at radius 1 is 1.03 bits per heavy atom. The molecule has 0 unspecified atom stereocenters. The number of benzene rings is 3. The molecule has 3 rings (SSSR count). The highest BCUT2D eigenvalue weighted by molar-refractivity contribution is 14.1. The Labute approximate surface area is 212 Å². The van der Waals surface area contributed by atoms with Crippen molar-refractivity contribution < 1.29 is 19.1 Å². The van der Waals surface area contributed by atoms with Crippen LogP contribution in [0.3, 0.4) is 0 Å². The van der Waals surface area contributed by atoms with Gasteiger partial charge in [0.2, 0.25) is 0 Å². The first-order valence-electron chi connectivity index (χ1n) is 9.77. The molecule has 0 aliphatic rings. The summed E-state index contributed by atoms with van der Waals surface area (Å²) in [7, 11) is 0. The van der Waals surface area contributed by atoms with Crippen LogP contribution in [0.2, 0.25) is 0 Å². The second-order valence-electron chi connectivity index (χ2n) is 6.84. The van der Waals surface area contributed by atoms with Crippen molar-refractivity contribution in [2.24, 2.45) is 5.10 Å². The van der Waals surface area contributed by atoms with Gasteiger partial charge in [-0.25, -0.2) is 10.2 Å². The summed E-state index contributed by atoms with van der Waals surface area (Å²) >= 11 is 5.43. The highest BCUT2D eigenvalue weighted by atomic mass is 127. The average molecular weight is 620 g/mol. The minimum absolute atomic E-state index is 0.241. The molecular weight excluding hydrogens is 601 g/mol. The third-order valence-electron chi connectivity index (χ3n) is 4.46. The van der Waals surface area contributed by atoms with Gasteiger partial charge in [-0.1, -0.05) is 46.3 Å². The van der Waals surface area contributed by atoms with Gasteiger partial charge in [0.05, 0.1) is 23.9 Å². The Kier molecular flexibility index (Phi) is 8.72. The highest BCUT2D eigenvalue weighted by Gasteiger charge is 2.14. The van der Waals surface area contributed by atoms with Crippen LogP contribution in [0.5, 0.6) is 5.75 Å². The standard InChI is InChI=1S/C24H19BrIN3O4/c1-15-6-2-3-7-18(15)24(32)33-21-11-10-17(25)12-16(21)13-28-29-22(30)14-27-23(31)19-8-4-5-9-20(19)26/h2-13H,14H2,1H3,(H,27,31)(H,29,30)/b28-13-. The topological polar surface area (TPSA) is 96.9 Å². The molecule has 3 aromatic carbocycles. The number of nitrogens with zero attached hydrogens (tertiary/aromatic N) is 1. The van der Waals surface area contributed by atoms with Crippen LogP contribution in [0.4, 0.5) is 0 Å². The molecule has 7 nitrogen and oxygen atoms in total. The molecule has 2 amide bonds. The summed E-state index contributed by atoms with van der Waals surface area (Å²) in [6, 6.07) is 19.3. The molecule has 33 heavy (non-hydrogen) atoms. The van der Waals surface area contributed by atoms with Crippen molar-refractivity contribution in [3.63, 3.8) is 0 Å².